The van der Waals surface area contributed by atoms with E-state index in [2.05, 4.69) is 15.6 Å². The van der Waals surface area contributed by atoms with Crippen LogP contribution in [0, 0.1) is 5.41 Å². The number of carbonyl (C=O) groups excluding carboxylic acids is 1. The molecular weight excluding hydrogens is 230 g/mol. The van der Waals surface area contributed by atoms with Crippen LogP contribution in [0.4, 0.5) is 5.69 Å². The molecule has 18 heavy (non-hydrogen) atoms. The van der Waals surface area contributed by atoms with Gasteiger partial charge in [0.25, 0.3) is 0 Å². The highest BCUT2D eigenvalue weighted by atomic mass is 16.5. The predicted octanol–water partition coefficient (Wildman–Crippen LogP) is 1.42. The van der Waals surface area contributed by atoms with Gasteiger partial charge in [-0.05, 0) is 38.1 Å². The quantitative estimate of drug-likeness (QED) is 0.850. The van der Waals surface area contributed by atoms with Crippen molar-refractivity contribution in [2.75, 3.05) is 25.5 Å². The van der Waals surface area contributed by atoms with Gasteiger partial charge in [0, 0.05) is 11.6 Å². The fourth-order valence-corrected chi connectivity index (χ4v) is 2.13. The zero-order chi connectivity index (χ0) is 13.0. The summed E-state index contributed by atoms with van der Waals surface area (Å²) in [6.45, 7) is 3.77. The summed E-state index contributed by atoms with van der Waals surface area (Å²) in [5.74, 6) is 0.485. The number of amides is 1. The third kappa shape index (κ3) is 2.61. The number of hydrogen-bond donors (Lipinski definition) is 2. The second-order valence-corrected chi connectivity index (χ2v) is 4.83. The Hall–Kier alpha value is -1.62. The minimum atomic E-state index is -0.313. The van der Waals surface area contributed by atoms with Crippen molar-refractivity contribution in [1.29, 1.82) is 0 Å². The molecule has 1 aromatic rings. The highest BCUT2D eigenvalue weighted by Gasteiger charge is 2.34. The minimum Gasteiger partial charge on any atom is -0.480 e. The molecule has 1 aliphatic rings. The molecular formula is C13H19N3O2. The highest BCUT2D eigenvalue weighted by Crippen LogP contribution is 2.31. The smallest absolute Gasteiger partial charge is 0.237 e. The molecule has 5 nitrogen and oxygen atoms in total. The second kappa shape index (κ2) is 5.35. The van der Waals surface area contributed by atoms with Crippen LogP contribution in [-0.2, 0) is 4.79 Å². The maximum atomic E-state index is 12.3. The minimum absolute atomic E-state index is 0.0373. The Balaban J connectivity index is 2.10. The Kier molecular flexibility index (Phi) is 3.81. The van der Waals surface area contributed by atoms with Gasteiger partial charge in [0.1, 0.15) is 5.69 Å². The number of rotatable bonds is 3. The van der Waals surface area contributed by atoms with Crippen molar-refractivity contribution in [3.05, 3.63) is 18.3 Å². The predicted molar refractivity (Wildman–Crippen MR) is 69.6 cm³/mol. The van der Waals surface area contributed by atoms with E-state index in [4.69, 9.17) is 4.74 Å². The number of nitrogens with one attached hydrogen (secondary N) is 2. The Morgan fingerprint density at radius 1 is 1.50 bits per heavy atom. The summed E-state index contributed by atoms with van der Waals surface area (Å²) in [7, 11) is 1.55. The number of pyridine rings is 1. The van der Waals surface area contributed by atoms with Gasteiger partial charge in [-0.25, -0.2) is 4.98 Å². The van der Waals surface area contributed by atoms with Crippen molar-refractivity contribution in [1.82, 2.24) is 10.3 Å². The Morgan fingerprint density at radius 3 is 2.89 bits per heavy atom. The largest absolute Gasteiger partial charge is 0.480 e. The molecule has 1 fully saturated rings. The van der Waals surface area contributed by atoms with E-state index in [1.54, 1.807) is 25.4 Å². The number of aromatic nitrogens is 1. The molecule has 0 atom stereocenters. The molecule has 0 spiro atoms. The molecule has 0 saturated carbocycles. The lowest BCUT2D eigenvalue weighted by Gasteiger charge is -2.32. The Bertz CT molecular complexity index is 428. The van der Waals surface area contributed by atoms with Crippen LogP contribution in [0.2, 0.25) is 0 Å². The number of anilines is 1. The molecule has 1 aromatic heterocycles. The summed E-state index contributed by atoms with van der Waals surface area (Å²) in [6, 6.07) is 3.58. The average molecular weight is 249 g/mol. The standard InChI is InChI=1S/C13H19N3O2/c1-13(5-8-14-9-6-13)12(17)16-10-4-3-7-15-11(10)18-2/h3-4,7,14H,5-6,8-9H2,1-2H3,(H,16,17). The number of nitrogens with zero attached hydrogens (tertiary/aromatic N) is 1. The average Bonchev–Trinajstić information content (AvgIpc) is 2.40. The van der Waals surface area contributed by atoms with Crippen molar-refractivity contribution < 1.29 is 9.53 Å². The lowest BCUT2D eigenvalue weighted by atomic mass is 9.80. The van der Waals surface area contributed by atoms with Crippen LogP contribution in [0.5, 0.6) is 5.88 Å². The third-order valence-electron chi connectivity index (χ3n) is 3.47. The SMILES string of the molecule is COc1ncccc1NC(=O)C1(C)CCNCC1. The fraction of sp³-hybridized carbons (Fsp3) is 0.538. The second-order valence-electron chi connectivity index (χ2n) is 4.83. The van der Waals surface area contributed by atoms with E-state index in [1.165, 1.54) is 0 Å². The van der Waals surface area contributed by atoms with E-state index in [9.17, 15) is 4.79 Å². The van der Waals surface area contributed by atoms with Gasteiger partial charge in [-0.1, -0.05) is 6.92 Å². The number of piperidine rings is 1. The first kappa shape index (κ1) is 12.8. The summed E-state index contributed by atoms with van der Waals surface area (Å²) >= 11 is 0. The van der Waals surface area contributed by atoms with Gasteiger partial charge < -0.3 is 15.4 Å². The van der Waals surface area contributed by atoms with Gasteiger partial charge >= 0.3 is 0 Å². The number of hydrogen-bond acceptors (Lipinski definition) is 4. The van der Waals surface area contributed by atoms with E-state index in [-0.39, 0.29) is 11.3 Å². The number of methoxy groups -OCH3 is 1. The molecule has 0 radical (unpaired) electrons. The molecule has 1 saturated heterocycles. The lowest BCUT2D eigenvalue weighted by Crippen LogP contribution is -2.42. The van der Waals surface area contributed by atoms with Crippen molar-refractivity contribution in [2.24, 2.45) is 5.41 Å². The lowest BCUT2D eigenvalue weighted by molar-refractivity contribution is -0.126. The molecule has 98 valence electrons. The van der Waals surface area contributed by atoms with Crippen LogP contribution in [0.25, 0.3) is 0 Å². The van der Waals surface area contributed by atoms with Gasteiger partial charge in [0.15, 0.2) is 0 Å². The summed E-state index contributed by atoms with van der Waals surface area (Å²) in [4.78, 5) is 16.4. The van der Waals surface area contributed by atoms with Crippen molar-refractivity contribution in [3.8, 4) is 5.88 Å². The topological polar surface area (TPSA) is 63.2 Å². The first-order valence-corrected chi connectivity index (χ1v) is 6.17. The Labute approximate surface area is 107 Å². The molecule has 2 rings (SSSR count). The van der Waals surface area contributed by atoms with Gasteiger partial charge in [-0.15, -0.1) is 0 Å². The maximum absolute atomic E-state index is 12.3. The summed E-state index contributed by atoms with van der Waals surface area (Å²) in [5, 5.41) is 6.18. The number of ether oxygens (including phenoxy) is 1. The fourth-order valence-electron chi connectivity index (χ4n) is 2.13. The monoisotopic (exact) mass is 249 g/mol. The molecule has 0 aliphatic carbocycles. The van der Waals surface area contributed by atoms with E-state index < -0.39 is 0 Å². The van der Waals surface area contributed by atoms with Gasteiger partial charge in [-0.3, -0.25) is 4.79 Å². The van der Waals surface area contributed by atoms with E-state index in [0.29, 0.717) is 11.6 Å². The van der Waals surface area contributed by atoms with Crippen molar-refractivity contribution in [3.63, 3.8) is 0 Å². The molecule has 5 heteroatoms. The highest BCUT2D eigenvalue weighted by molar-refractivity contribution is 5.96. The third-order valence-corrected chi connectivity index (χ3v) is 3.47. The number of carbonyl (C=O) groups is 1. The van der Waals surface area contributed by atoms with Crippen LogP contribution in [0.15, 0.2) is 18.3 Å². The molecule has 0 aromatic carbocycles. The summed E-state index contributed by atoms with van der Waals surface area (Å²) < 4.78 is 5.13. The van der Waals surface area contributed by atoms with Crippen LogP contribution >= 0.6 is 0 Å². The maximum Gasteiger partial charge on any atom is 0.237 e. The molecule has 1 amide bonds. The molecule has 2 N–H and O–H groups in total. The van der Waals surface area contributed by atoms with Crippen molar-refractivity contribution in [2.45, 2.75) is 19.8 Å². The molecule has 0 bridgehead atoms. The first-order valence-electron chi connectivity index (χ1n) is 6.17. The first-order chi connectivity index (χ1) is 8.65. The zero-order valence-electron chi connectivity index (χ0n) is 10.8. The van der Waals surface area contributed by atoms with E-state index in [1.807, 2.05) is 6.92 Å². The van der Waals surface area contributed by atoms with Gasteiger partial charge in [0.2, 0.25) is 11.8 Å². The normalized spacial score (nSPS) is 18.1. The molecule has 1 aliphatic heterocycles. The Morgan fingerprint density at radius 2 is 2.22 bits per heavy atom. The van der Waals surface area contributed by atoms with Gasteiger partial charge in [-0.2, -0.15) is 0 Å². The molecule has 2 heterocycles. The van der Waals surface area contributed by atoms with Crippen LogP contribution in [-0.4, -0.2) is 31.1 Å². The van der Waals surface area contributed by atoms with Crippen LogP contribution < -0.4 is 15.4 Å². The summed E-state index contributed by atoms with van der Waals surface area (Å²) in [6.07, 6.45) is 3.34. The molecule has 0 unspecified atom stereocenters. The van der Waals surface area contributed by atoms with Crippen LogP contribution in [0.3, 0.4) is 0 Å². The van der Waals surface area contributed by atoms with Gasteiger partial charge in [0.05, 0.1) is 7.11 Å². The zero-order valence-corrected chi connectivity index (χ0v) is 10.8. The van der Waals surface area contributed by atoms with Crippen molar-refractivity contribution >= 4 is 11.6 Å². The van der Waals surface area contributed by atoms with E-state index in [0.717, 1.165) is 25.9 Å². The van der Waals surface area contributed by atoms with Crippen LogP contribution in [0.1, 0.15) is 19.8 Å². The summed E-state index contributed by atoms with van der Waals surface area (Å²) in [5.41, 5.74) is 0.316. The van der Waals surface area contributed by atoms with E-state index >= 15 is 0 Å².